The first-order chi connectivity index (χ1) is 14.3. The Balaban J connectivity index is 2.00. The summed E-state index contributed by atoms with van der Waals surface area (Å²) in [7, 11) is 0. The van der Waals surface area contributed by atoms with Crippen LogP contribution < -0.4 is 5.32 Å². The standard InChI is InChI=1S/C23H25Cl2FN2O2/c1-14(2)9-10-28-17(13-29)12-19(18-7-4-8-20(25)21(18)26)22(28)23(30)27-16-6-3-5-15(24)11-16/h3-9,11,17,19,22,29H,10,12-13H2,1-2H3,(H,27,30)/t17-,19?,22?/m1/s1. The SMILES string of the molecule is CC(C)=CCN1C(C(=O)Nc2cccc(Cl)c2)C(c2cccc(Cl)c2F)C[C@@H]1CO. The van der Waals surface area contributed by atoms with Crippen LogP contribution in [-0.2, 0) is 4.79 Å². The lowest BCUT2D eigenvalue weighted by Crippen LogP contribution is -2.46. The van der Waals surface area contributed by atoms with Gasteiger partial charge < -0.3 is 10.4 Å². The molecule has 3 rings (SSSR count). The molecule has 30 heavy (non-hydrogen) atoms. The molecule has 1 heterocycles. The summed E-state index contributed by atoms with van der Waals surface area (Å²) in [6.07, 6.45) is 2.44. The molecule has 1 saturated heterocycles. The van der Waals surface area contributed by atoms with E-state index < -0.39 is 17.8 Å². The van der Waals surface area contributed by atoms with E-state index in [4.69, 9.17) is 23.2 Å². The molecular formula is C23H25Cl2FN2O2. The van der Waals surface area contributed by atoms with Gasteiger partial charge in [-0.1, -0.05) is 53.1 Å². The molecule has 0 bridgehead atoms. The number of aliphatic hydroxyl groups excluding tert-OH is 1. The van der Waals surface area contributed by atoms with Crippen molar-refractivity contribution in [2.75, 3.05) is 18.5 Å². The van der Waals surface area contributed by atoms with Gasteiger partial charge in [0.05, 0.1) is 17.7 Å². The number of aliphatic hydroxyl groups is 1. The number of carbonyl (C=O) groups excluding carboxylic acids is 1. The van der Waals surface area contributed by atoms with Crippen LogP contribution in [0.1, 0.15) is 31.7 Å². The van der Waals surface area contributed by atoms with Crippen molar-refractivity contribution in [3.05, 3.63) is 75.5 Å². The molecule has 2 unspecified atom stereocenters. The van der Waals surface area contributed by atoms with Crippen LogP contribution in [0.25, 0.3) is 0 Å². The topological polar surface area (TPSA) is 52.6 Å². The summed E-state index contributed by atoms with van der Waals surface area (Å²) < 4.78 is 14.9. The van der Waals surface area contributed by atoms with Gasteiger partial charge >= 0.3 is 0 Å². The highest BCUT2D eigenvalue weighted by Crippen LogP contribution is 2.40. The summed E-state index contributed by atoms with van der Waals surface area (Å²) in [6.45, 7) is 4.29. The minimum atomic E-state index is -0.676. The third-order valence-electron chi connectivity index (χ3n) is 5.40. The maximum Gasteiger partial charge on any atom is 0.242 e. The highest BCUT2D eigenvalue weighted by molar-refractivity contribution is 6.31. The molecule has 1 aliphatic heterocycles. The van der Waals surface area contributed by atoms with Crippen molar-refractivity contribution in [3.8, 4) is 0 Å². The second-order valence-corrected chi connectivity index (χ2v) is 8.59. The minimum Gasteiger partial charge on any atom is -0.395 e. The molecular weight excluding hydrogens is 426 g/mol. The third kappa shape index (κ3) is 5.03. The van der Waals surface area contributed by atoms with Gasteiger partial charge in [0.2, 0.25) is 5.91 Å². The second kappa shape index (κ2) is 9.92. The number of allylic oxidation sites excluding steroid dienone is 1. The zero-order chi connectivity index (χ0) is 21.8. The summed E-state index contributed by atoms with van der Waals surface area (Å²) >= 11 is 12.1. The number of nitrogens with zero attached hydrogens (tertiary/aromatic N) is 1. The van der Waals surface area contributed by atoms with Crippen molar-refractivity contribution in [1.29, 1.82) is 0 Å². The van der Waals surface area contributed by atoms with Crippen LogP contribution in [0.3, 0.4) is 0 Å². The molecule has 3 atom stereocenters. The number of carbonyl (C=O) groups is 1. The normalized spacial score (nSPS) is 21.5. The van der Waals surface area contributed by atoms with Gasteiger partial charge in [-0.25, -0.2) is 4.39 Å². The molecule has 0 aliphatic carbocycles. The molecule has 2 aromatic rings. The van der Waals surface area contributed by atoms with Gasteiger partial charge in [0, 0.05) is 29.2 Å². The first kappa shape index (κ1) is 22.8. The average Bonchev–Trinajstić information content (AvgIpc) is 3.07. The fourth-order valence-electron chi connectivity index (χ4n) is 3.97. The molecule has 1 aliphatic rings. The minimum absolute atomic E-state index is 0.0183. The Labute approximate surface area is 186 Å². The lowest BCUT2D eigenvalue weighted by Gasteiger charge is -2.29. The molecule has 4 nitrogen and oxygen atoms in total. The molecule has 2 N–H and O–H groups in total. The Hall–Kier alpha value is -1.92. The van der Waals surface area contributed by atoms with Gasteiger partial charge in [-0.3, -0.25) is 9.69 Å². The second-order valence-electron chi connectivity index (χ2n) is 7.74. The van der Waals surface area contributed by atoms with Gasteiger partial charge in [0.15, 0.2) is 0 Å². The van der Waals surface area contributed by atoms with Gasteiger partial charge in [0.1, 0.15) is 5.82 Å². The number of halogens is 3. The summed E-state index contributed by atoms with van der Waals surface area (Å²) in [6, 6.07) is 10.7. The van der Waals surface area contributed by atoms with E-state index in [9.17, 15) is 14.3 Å². The van der Waals surface area contributed by atoms with Crippen LogP contribution in [0.5, 0.6) is 0 Å². The van der Waals surface area contributed by atoms with Crippen LogP contribution in [-0.4, -0.2) is 41.1 Å². The van der Waals surface area contributed by atoms with Crippen LogP contribution in [0, 0.1) is 5.82 Å². The highest BCUT2D eigenvalue weighted by Gasteiger charge is 2.46. The quantitative estimate of drug-likeness (QED) is 0.590. The third-order valence-corrected chi connectivity index (χ3v) is 5.92. The lowest BCUT2D eigenvalue weighted by molar-refractivity contribution is -0.121. The highest BCUT2D eigenvalue weighted by atomic mass is 35.5. The molecule has 0 aromatic heterocycles. The predicted molar refractivity (Wildman–Crippen MR) is 120 cm³/mol. The maximum atomic E-state index is 14.9. The van der Waals surface area contributed by atoms with Gasteiger partial charge in [-0.15, -0.1) is 0 Å². The van der Waals surface area contributed by atoms with E-state index in [0.29, 0.717) is 29.2 Å². The predicted octanol–water partition coefficient (Wildman–Crippen LogP) is 5.26. The number of rotatable bonds is 6. The van der Waals surface area contributed by atoms with Gasteiger partial charge in [-0.05, 0) is 50.1 Å². The largest absolute Gasteiger partial charge is 0.395 e. The van der Waals surface area contributed by atoms with Crippen LogP contribution in [0.15, 0.2) is 54.1 Å². The number of anilines is 1. The molecule has 2 aromatic carbocycles. The summed E-state index contributed by atoms with van der Waals surface area (Å²) in [5, 5.41) is 13.4. The number of benzene rings is 2. The average molecular weight is 451 g/mol. The number of hydrogen-bond acceptors (Lipinski definition) is 3. The van der Waals surface area contributed by atoms with Crippen LogP contribution in [0.4, 0.5) is 10.1 Å². The van der Waals surface area contributed by atoms with E-state index in [0.717, 1.165) is 5.57 Å². The van der Waals surface area contributed by atoms with Crippen molar-refractivity contribution in [2.45, 2.75) is 38.3 Å². The fourth-order valence-corrected chi connectivity index (χ4v) is 4.34. The Morgan fingerprint density at radius 2 is 2.00 bits per heavy atom. The van der Waals surface area contributed by atoms with Crippen molar-refractivity contribution >= 4 is 34.8 Å². The zero-order valence-electron chi connectivity index (χ0n) is 16.9. The van der Waals surface area contributed by atoms with Crippen molar-refractivity contribution in [1.82, 2.24) is 4.90 Å². The van der Waals surface area contributed by atoms with E-state index in [-0.39, 0.29) is 23.6 Å². The number of amides is 1. The molecule has 160 valence electrons. The van der Waals surface area contributed by atoms with Gasteiger partial charge in [-0.2, -0.15) is 0 Å². The fraction of sp³-hybridized carbons (Fsp3) is 0.348. The first-order valence-corrected chi connectivity index (χ1v) is 10.6. The molecule has 1 amide bonds. The Morgan fingerprint density at radius 1 is 1.27 bits per heavy atom. The first-order valence-electron chi connectivity index (χ1n) is 9.82. The van der Waals surface area contributed by atoms with Gasteiger partial charge in [0.25, 0.3) is 0 Å². The van der Waals surface area contributed by atoms with Crippen molar-refractivity contribution in [2.24, 2.45) is 0 Å². The molecule has 0 saturated carbocycles. The molecule has 0 radical (unpaired) electrons. The zero-order valence-corrected chi connectivity index (χ0v) is 18.4. The maximum absolute atomic E-state index is 14.9. The van der Waals surface area contributed by atoms with Crippen molar-refractivity contribution in [3.63, 3.8) is 0 Å². The molecule has 0 spiro atoms. The number of likely N-dealkylation sites (tertiary alicyclic amines) is 1. The van der Waals surface area contributed by atoms with E-state index in [1.807, 2.05) is 24.8 Å². The molecule has 7 heteroatoms. The molecule has 1 fully saturated rings. The summed E-state index contributed by atoms with van der Waals surface area (Å²) in [4.78, 5) is 15.3. The van der Waals surface area contributed by atoms with Crippen LogP contribution in [0.2, 0.25) is 10.0 Å². The lowest BCUT2D eigenvalue weighted by atomic mass is 9.89. The van der Waals surface area contributed by atoms with E-state index in [1.54, 1.807) is 36.4 Å². The monoisotopic (exact) mass is 450 g/mol. The summed E-state index contributed by atoms with van der Waals surface area (Å²) in [5.41, 5.74) is 2.04. The number of nitrogens with one attached hydrogen (secondary N) is 1. The Morgan fingerprint density at radius 3 is 2.67 bits per heavy atom. The number of hydrogen-bond donors (Lipinski definition) is 2. The van der Waals surface area contributed by atoms with Crippen molar-refractivity contribution < 1.29 is 14.3 Å². The Kier molecular flexibility index (Phi) is 7.53. The summed E-state index contributed by atoms with van der Waals surface area (Å²) in [5.74, 6) is -1.25. The Bertz CT molecular complexity index is 947. The van der Waals surface area contributed by atoms with Crippen LogP contribution >= 0.6 is 23.2 Å². The van der Waals surface area contributed by atoms with E-state index in [1.165, 1.54) is 6.07 Å². The van der Waals surface area contributed by atoms with E-state index in [2.05, 4.69) is 5.32 Å². The van der Waals surface area contributed by atoms with E-state index >= 15 is 0 Å². The smallest absolute Gasteiger partial charge is 0.242 e.